The van der Waals surface area contributed by atoms with E-state index < -0.39 is 10.0 Å². The lowest BCUT2D eigenvalue weighted by Crippen LogP contribution is -2.35. The number of pyridine rings is 1. The molecule has 1 amide bonds. The van der Waals surface area contributed by atoms with Gasteiger partial charge in [0.05, 0.1) is 9.77 Å². The Balaban J connectivity index is 1.77. The molecule has 1 aliphatic heterocycles. The van der Waals surface area contributed by atoms with E-state index >= 15 is 0 Å². The Bertz CT molecular complexity index is 895. The number of carbonyl (C=O) groups is 1. The van der Waals surface area contributed by atoms with Gasteiger partial charge in [-0.3, -0.25) is 9.78 Å². The number of aryl methyl sites for hydroxylation is 1. The quantitative estimate of drug-likeness (QED) is 0.854. The lowest BCUT2D eigenvalue weighted by Gasteiger charge is -2.24. The molecule has 7 nitrogen and oxygen atoms in total. The molecular formula is C17H22N4O3S2. The molecule has 140 valence electrons. The number of carbonyl (C=O) groups excluding carboxylic acids is 1. The molecule has 2 aromatic rings. The Labute approximate surface area is 157 Å². The van der Waals surface area contributed by atoms with Gasteiger partial charge in [0.2, 0.25) is 10.0 Å². The molecule has 1 saturated heterocycles. The summed E-state index contributed by atoms with van der Waals surface area (Å²) in [5, 5.41) is 4.05. The second kappa shape index (κ2) is 7.73. The summed E-state index contributed by atoms with van der Waals surface area (Å²) >= 11 is 1.14. The van der Waals surface area contributed by atoms with Gasteiger partial charge in [-0.15, -0.1) is 11.3 Å². The zero-order valence-electron chi connectivity index (χ0n) is 14.8. The molecule has 0 radical (unpaired) electrons. The molecule has 0 bridgehead atoms. The van der Waals surface area contributed by atoms with E-state index in [1.54, 1.807) is 6.20 Å². The van der Waals surface area contributed by atoms with Crippen LogP contribution in [0.25, 0.3) is 0 Å². The molecule has 2 aromatic heterocycles. The van der Waals surface area contributed by atoms with Gasteiger partial charge in [-0.1, -0.05) is 0 Å². The van der Waals surface area contributed by atoms with E-state index in [-0.39, 0.29) is 10.8 Å². The Morgan fingerprint density at radius 1 is 1.27 bits per heavy atom. The maximum absolute atomic E-state index is 12.9. The lowest BCUT2D eigenvalue weighted by molar-refractivity contribution is 0.0967. The molecule has 0 atom stereocenters. The van der Waals surface area contributed by atoms with Crippen molar-refractivity contribution in [2.24, 2.45) is 0 Å². The maximum Gasteiger partial charge on any atom is 0.261 e. The smallest absolute Gasteiger partial charge is 0.261 e. The van der Waals surface area contributed by atoms with Crippen molar-refractivity contribution in [3.8, 4) is 0 Å². The second-order valence-corrected chi connectivity index (χ2v) is 8.98. The van der Waals surface area contributed by atoms with Crippen LogP contribution in [0.5, 0.6) is 0 Å². The first-order chi connectivity index (χ1) is 12.4. The van der Waals surface area contributed by atoms with Gasteiger partial charge in [0.15, 0.2) is 0 Å². The van der Waals surface area contributed by atoms with Crippen molar-refractivity contribution in [1.29, 1.82) is 0 Å². The largest absolute Gasteiger partial charge is 0.370 e. The maximum atomic E-state index is 12.9. The first-order valence-corrected chi connectivity index (χ1v) is 10.7. The van der Waals surface area contributed by atoms with Crippen LogP contribution in [0, 0.1) is 6.92 Å². The van der Waals surface area contributed by atoms with Crippen LogP contribution >= 0.6 is 11.3 Å². The highest BCUT2D eigenvalue weighted by Gasteiger charge is 2.28. The molecule has 0 spiro atoms. The monoisotopic (exact) mass is 394 g/mol. The minimum absolute atomic E-state index is 0.189. The predicted molar refractivity (Wildman–Crippen MR) is 102 cm³/mol. The lowest BCUT2D eigenvalue weighted by atomic mass is 10.2. The summed E-state index contributed by atoms with van der Waals surface area (Å²) in [4.78, 5) is 18.6. The van der Waals surface area contributed by atoms with Crippen LogP contribution in [0.2, 0.25) is 0 Å². The number of sulfonamides is 1. The number of hydrogen-bond donors (Lipinski definition) is 1. The summed E-state index contributed by atoms with van der Waals surface area (Å²) in [5.41, 5.74) is 2.17. The zero-order valence-corrected chi connectivity index (χ0v) is 16.4. The van der Waals surface area contributed by atoms with Crippen LogP contribution < -0.4 is 10.2 Å². The third-order valence-corrected chi connectivity index (χ3v) is 7.40. The molecular weight excluding hydrogens is 372 g/mol. The number of thiophene rings is 1. The van der Waals surface area contributed by atoms with E-state index in [2.05, 4.69) is 15.2 Å². The van der Waals surface area contributed by atoms with Crippen molar-refractivity contribution >= 4 is 33.0 Å². The Morgan fingerprint density at radius 2 is 2.08 bits per heavy atom. The first-order valence-electron chi connectivity index (χ1n) is 8.40. The Kier molecular flexibility index (Phi) is 5.59. The van der Waals surface area contributed by atoms with E-state index in [1.807, 2.05) is 19.2 Å². The molecule has 26 heavy (non-hydrogen) atoms. The minimum Gasteiger partial charge on any atom is -0.370 e. The van der Waals surface area contributed by atoms with Gasteiger partial charge in [-0.2, -0.15) is 4.31 Å². The molecule has 1 N–H and O–H groups in total. The summed E-state index contributed by atoms with van der Waals surface area (Å²) in [6, 6.07) is 3.42. The van der Waals surface area contributed by atoms with Crippen molar-refractivity contribution in [2.45, 2.75) is 18.2 Å². The molecule has 0 aliphatic carbocycles. The van der Waals surface area contributed by atoms with Crippen molar-refractivity contribution in [1.82, 2.24) is 14.6 Å². The van der Waals surface area contributed by atoms with Crippen LogP contribution in [-0.4, -0.2) is 56.8 Å². The third kappa shape index (κ3) is 3.74. The number of nitrogens with one attached hydrogen (secondary N) is 1. The second-order valence-electron chi connectivity index (χ2n) is 6.13. The number of amides is 1. The van der Waals surface area contributed by atoms with Gasteiger partial charge >= 0.3 is 0 Å². The van der Waals surface area contributed by atoms with Crippen LogP contribution in [-0.2, 0) is 10.0 Å². The SMILES string of the molecule is CNC(=O)c1cc(S(=O)(=O)N2CCCN(c3ccncc3C)CC2)cs1. The average Bonchev–Trinajstić information content (AvgIpc) is 3.01. The van der Waals surface area contributed by atoms with Crippen LogP contribution in [0.4, 0.5) is 5.69 Å². The Hall–Kier alpha value is -1.97. The molecule has 1 fully saturated rings. The van der Waals surface area contributed by atoms with E-state index in [9.17, 15) is 13.2 Å². The van der Waals surface area contributed by atoms with Crippen LogP contribution in [0.15, 0.2) is 34.8 Å². The highest BCUT2D eigenvalue weighted by molar-refractivity contribution is 7.89. The normalized spacial score (nSPS) is 16.3. The van der Waals surface area contributed by atoms with Crippen LogP contribution in [0.3, 0.4) is 0 Å². The number of rotatable bonds is 4. The fourth-order valence-corrected chi connectivity index (χ4v) is 5.72. The fraction of sp³-hybridized carbons (Fsp3) is 0.412. The van der Waals surface area contributed by atoms with E-state index in [1.165, 1.54) is 22.8 Å². The highest BCUT2D eigenvalue weighted by atomic mass is 32.2. The Morgan fingerprint density at radius 3 is 2.81 bits per heavy atom. The number of anilines is 1. The van der Waals surface area contributed by atoms with Crippen molar-refractivity contribution in [3.05, 3.63) is 40.3 Å². The fourth-order valence-electron chi connectivity index (χ4n) is 3.04. The zero-order chi connectivity index (χ0) is 18.7. The standard InChI is InChI=1S/C17H22N4O3S2/c1-13-11-19-5-4-15(13)20-6-3-7-21(9-8-20)26(23,24)14-10-16(25-12-14)17(22)18-2/h4-5,10-12H,3,6-9H2,1-2H3,(H,18,22). The topological polar surface area (TPSA) is 82.6 Å². The van der Waals surface area contributed by atoms with E-state index in [0.717, 1.165) is 35.6 Å². The number of aromatic nitrogens is 1. The minimum atomic E-state index is -3.60. The van der Waals surface area contributed by atoms with E-state index in [4.69, 9.17) is 0 Å². The summed E-state index contributed by atoms with van der Waals surface area (Å²) in [7, 11) is -2.07. The number of nitrogens with zero attached hydrogens (tertiary/aromatic N) is 3. The van der Waals surface area contributed by atoms with E-state index in [0.29, 0.717) is 24.5 Å². The van der Waals surface area contributed by atoms with Gasteiger partial charge in [-0.05, 0) is 31.0 Å². The molecule has 3 rings (SSSR count). The van der Waals surface area contributed by atoms with Crippen LogP contribution in [0.1, 0.15) is 21.7 Å². The summed E-state index contributed by atoms with van der Waals surface area (Å²) in [5.74, 6) is -0.272. The van der Waals surface area contributed by atoms with Crippen molar-refractivity contribution in [2.75, 3.05) is 38.1 Å². The van der Waals surface area contributed by atoms with Gasteiger partial charge in [-0.25, -0.2) is 8.42 Å². The molecule has 0 aromatic carbocycles. The first kappa shape index (κ1) is 18.8. The highest BCUT2D eigenvalue weighted by Crippen LogP contribution is 2.25. The number of hydrogen-bond acceptors (Lipinski definition) is 6. The summed E-state index contributed by atoms with van der Waals surface area (Å²) in [6.07, 6.45) is 4.32. The molecule has 3 heterocycles. The van der Waals surface area contributed by atoms with Crippen molar-refractivity contribution in [3.63, 3.8) is 0 Å². The molecule has 0 unspecified atom stereocenters. The molecule has 9 heteroatoms. The molecule has 1 aliphatic rings. The van der Waals surface area contributed by atoms with Gasteiger partial charge in [0.1, 0.15) is 0 Å². The molecule has 0 saturated carbocycles. The van der Waals surface area contributed by atoms with Gasteiger partial charge in [0.25, 0.3) is 5.91 Å². The van der Waals surface area contributed by atoms with Crippen molar-refractivity contribution < 1.29 is 13.2 Å². The third-order valence-electron chi connectivity index (χ3n) is 4.45. The van der Waals surface area contributed by atoms with Gasteiger partial charge < -0.3 is 10.2 Å². The average molecular weight is 395 g/mol. The van der Waals surface area contributed by atoms with Gasteiger partial charge in [0, 0.05) is 56.7 Å². The predicted octanol–water partition coefficient (Wildman–Crippen LogP) is 1.71. The summed E-state index contributed by atoms with van der Waals surface area (Å²) < 4.78 is 27.4. The summed E-state index contributed by atoms with van der Waals surface area (Å²) in [6.45, 7) is 4.30.